The van der Waals surface area contributed by atoms with Gasteiger partial charge < -0.3 is 14.6 Å². The molecule has 0 saturated carbocycles. The maximum absolute atomic E-state index is 13.0. The van der Waals surface area contributed by atoms with Crippen molar-refractivity contribution in [1.29, 1.82) is 0 Å². The van der Waals surface area contributed by atoms with Crippen molar-refractivity contribution < 1.29 is 18.4 Å². The molecule has 6 heteroatoms. The molecule has 32 heavy (non-hydrogen) atoms. The zero-order valence-corrected chi connectivity index (χ0v) is 18.6. The van der Waals surface area contributed by atoms with Crippen LogP contribution >= 0.6 is 0 Å². The molecule has 1 aromatic heterocycles. The van der Waals surface area contributed by atoms with E-state index >= 15 is 0 Å². The normalized spacial score (nSPS) is 14.7. The highest BCUT2D eigenvalue weighted by atomic mass is 19.1. The molecule has 168 valence electrons. The fraction of sp³-hybridized carbons (Fsp3) is 0.385. The molecule has 1 saturated heterocycles. The van der Waals surface area contributed by atoms with Gasteiger partial charge in [-0.25, -0.2) is 4.39 Å². The Morgan fingerprint density at radius 2 is 1.81 bits per heavy atom. The topological polar surface area (TPSA) is 62.6 Å². The molecule has 3 aromatic rings. The molecule has 0 radical (unpaired) electrons. The fourth-order valence-corrected chi connectivity index (χ4v) is 4.33. The second-order valence-corrected chi connectivity index (χ2v) is 8.73. The number of carbonyl (C=O) groups excluding carboxylic acids is 2. The molecule has 2 amide bonds. The molecule has 0 atom stereocenters. The number of likely N-dealkylation sites (tertiary alicyclic amines) is 1. The molecule has 2 heterocycles. The summed E-state index contributed by atoms with van der Waals surface area (Å²) in [6, 6.07) is 12.1. The Kier molecular flexibility index (Phi) is 6.58. The summed E-state index contributed by atoms with van der Waals surface area (Å²) >= 11 is 0. The number of nitrogens with one attached hydrogen (secondary N) is 1. The van der Waals surface area contributed by atoms with Gasteiger partial charge in [-0.2, -0.15) is 0 Å². The van der Waals surface area contributed by atoms with Gasteiger partial charge in [0.1, 0.15) is 11.4 Å². The van der Waals surface area contributed by atoms with Crippen LogP contribution in [0.15, 0.2) is 46.9 Å². The maximum Gasteiger partial charge on any atom is 0.289 e. The van der Waals surface area contributed by atoms with Gasteiger partial charge in [0.2, 0.25) is 5.91 Å². The van der Waals surface area contributed by atoms with Crippen LogP contribution in [0, 0.1) is 25.6 Å². The van der Waals surface area contributed by atoms with Gasteiger partial charge in [0.25, 0.3) is 5.91 Å². The van der Waals surface area contributed by atoms with Crippen molar-refractivity contribution in [2.24, 2.45) is 5.92 Å². The van der Waals surface area contributed by atoms with E-state index in [0.717, 1.165) is 46.9 Å². The first kappa shape index (κ1) is 22.1. The number of furan rings is 1. The Bertz CT molecular complexity index is 1110. The Balaban J connectivity index is 1.24. The summed E-state index contributed by atoms with van der Waals surface area (Å²) in [7, 11) is 0. The van der Waals surface area contributed by atoms with E-state index in [4.69, 9.17) is 4.42 Å². The molecule has 0 aliphatic carbocycles. The summed E-state index contributed by atoms with van der Waals surface area (Å²) in [6.07, 6.45) is 3.03. The van der Waals surface area contributed by atoms with Crippen LogP contribution in [-0.2, 0) is 11.3 Å². The average Bonchev–Trinajstić information content (AvgIpc) is 3.12. The summed E-state index contributed by atoms with van der Waals surface area (Å²) in [5.41, 5.74) is 3.63. The third-order valence-electron chi connectivity index (χ3n) is 6.37. The van der Waals surface area contributed by atoms with Crippen LogP contribution in [0.1, 0.15) is 52.9 Å². The lowest BCUT2D eigenvalue weighted by molar-refractivity contribution is -0.121. The summed E-state index contributed by atoms with van der Waals surface area (Å²) in [5, 5.41) is 3.88. The minimum Gasteiger partial charge on any atom is -0.451 e. The molecule has 0 unspecified atom stereocenters. The Morgan fingerprint density at radius 3 is 2.53 bits per heavy atom. The third kappa shape index (κ3) is 5.01. The molecule has 1 fully saturated rings. The number of hydrogen-bond acceptors (Lipinski definition) is 3. The molecule has 1 N–H and O–H groups in total. The molecule has 1 aliphatic rings. The summed E-state index contributed by atoms with van der Waals surface area (Å²) in [4.78, 5) is 27.1. The van der Waals surface area contributed by atoms with Crippen molar-refractivity contribution in [2.75, 3.05) is 13.1 Å². The van der Waals surface area contributed by atoms with Crippen LogP contribution in [-0.4, -0.2) is 29.8 Å². The van der Waals surface area contributed by atoms with E-state index in [2.05, 4.69) is 5.32 Å². The van der Waals surface area contributed by atoms with Crippen molar-refractivity contribution in [1.82, 2.24) is 10.2 Å². The van der Waals surface area contributed by atoms with Gasteiger partial charge in [-0.05, 0) is 68.4 Å². The number of amides is 2. The van der Waals surface area contributed by atoms with Crippen molar-refractivity contribution in [3.05, 3.63) is 70.7 Å². The van der Waals surface area contributed by atoms with Crippen LogP contribution in [0.25, 0.3) is 11.0 Å². The Hall–Kier alpha value is -3.15. The number of nitrogens with zero attached hydrogens (tertiary/aromatic N) is 1. The number of fused-ring (bicyclic) bond motifs is 1. The quantitative estimate of drug-likeness (QED) is 0.582. The predicted molar refractivity (Wildman–Crippen MR) is 122 cm³/mol. The first-order valence-electron chi connectivity index (χ1n) is 11.2. The SMILES string of the molecule is Cc1ccc2c(C)c(C(=O)N3CCC(CCC(=O)NCc4ccc(F)cc4)CC3)oc2c1. The maximum atomic E-state index is 13.0. The Labute approximate surface area is 187 Å². The predicted octanol–water partition coefficient (Wildman–Crippen LogP) is 5.14. The van der Waals surface area contributed by atoms with Gasteiger partial charge >= 0.3 is 0 Å². The van der Waals surface area contributed by atoms with Crippen molar-refractivity contribution in [2.45, 2.75) is 46.1 Å². The highest BCUT2D eigenvalue weighted by Gasteiger charge is 2.27. The first-order chi connectivity index (χ1) is 15.4. The van der Waals surface area contributed by atoms with Crippen LogP contribution in [0.3, 0.4) is 0 Å². The number of aryl methyl sites for hydroxylation is 2. The molecule has 0 bridgehead atoms. The monoisotopic (exact) mass is 436 g/mol. The highest BCUT2D eigenvalue weighted by molar-refractivity contribution is 5.99. The largest absolute Gasteiger partial charge is 0.451 e. The minimum absolute atomic E-state index is 0.000949. The van der Waals surface area contributed by atoms with Crippen LogP contribution in [0.4, 0.5) is 4.39 Å². The number of carbonyl (C=O) groups is 2. The first-order valence-corrected chi connectivity index (χ1v) is 11.2. The van der Waals surface area contributed by atoms with Crippen molar-refractivity contribution >= 4 is 22.8 Å². The molecule has 4 rings (SSSR count). The van der Waals surface area contributed by atoms with E-state index < -0.39 is 0 Å². The van der Waals surface area contributed by atoms with E-state index in [1.165, 1.54) is 12.1 Å². The molecule has 0 spiro atoms. The van der Waals surface area contributed by atoms with Crippen LogP contribution in [0.2, 0.25) is 0 Å². The van der Waals surface area contributed by atoms with Gasteiger partial charge in [-0.3, -0.25) is 9.59 Å². The second kappa shape index (κ2) is 9.55. The lowest BCUT2D eigenvalue weighted by atomic mass is 9.92. The van der Waals surface area contributed by atoms with E-state index in [0.29, 0.717) is 37.7 Å². The van der Waals surface area contributed by atoms with Gasteiger partial charge in [0, 0.05) is 37.0 Å². The van der Waals surface area contributed by atoms with Crippen LogP contribution < -0.4 is 5.32 Å². The number of rotatable bonds is 6. The fourth-order valence-electron chi connectivity index (χ4n) is 4.33. The lowest BCUT2D eigenvalue weighted by Crippen LogP contribution is -2.38. The summed E-state index contributed by atoms with van der Waals surface area (Å²) in [6.45, 7) is 5.70. The number of hydrogen-bond donors (Lipinski definition) is 1. The lowest BCUT2D eigenvalue weighted by Gasteiger charge is -2.31. The number of piperidine rings is 1. The summed E-state index contributed by atoms with van der Waals surface area (Å²) < 4.78 is 18.9. The van der Waals surface area contributed by atoms with Crippen molar-refractivity contribution in [3.63, 3.8) is 0 Å². The van der Waals surface area contributed by atoms with Crippen LogP contribution in [0.5, 0.6) is 0 Å². The van der Waals surface area contributed by atoms with Crippen molar-refractivity contribution in [3.8, 4) is 0 Å². The van der Waals surface area contributed by atoms with E-state index in [9.17, 15) is 14.0 Å². The van der Waals surface area contributed by atoms with E-state index in [1.54, 1.807) is 12.1 Å². The van der Waals surface area contributed by atoms with Gasteiger partial charge in [0.05, 0.1) is 0 Å². The second-order valence-electron chi connectivity index (χ2n) is 8.73. The molecule has 1 aliphatic heterocycles. The highest BCUT2D eigenvalue weighted by Crippen LogP contribution is 2.29. The standard InChI is InChI=1S/C26H29FN2O3/c1-17-3-9-22-18(2)25(32-23(22)15-17)26(31)29-13-11-19(12-14-29)6-10-24(30)28-16-20-4-7-21(27)8-5-20/h3-5,7-9,15,19H,6,10-14,16H2,1-2H3,(H,28,30). The zero-order valence-electron chi connectivity index (χ0n) is 18.6. The number of benzene rings is 2. The average molecular weight is 437 g/mol. The molecular weight excluding hydrogens is 407 g/mol. The molecule has 2 aromatic carbocycles. The van der Waals surface area contributed by atoms with E-state index in [-0.39, 0.29) is 17.6 Å². The third-order valence-corrected chi connectivity index (χ3v) is 6.37. The van der Waals surface area contributed by atoms with E-state index in [1.807, 2.05) is 36.9 Å². The number of halogens is 1. The minimum atomic E-state index is -0.282. The Morgan fingerprint density at radius 1 is 1.09 bits per heavy atom. The van der Waals surface area contributed by atoms with Gasteiger partial charge in [-0.1, -0.05) is 24.3 Å². The van der Waals surface area contributed by atoms with Gasteiger partial charge in [-0.15, -0.1) is 0 Å². The summed E-state index contributed by atoms with van der Waals surface area (Å²) in [5.74, 6) is 0.530. The van der Waals surface area contributed by atoms with Gasteiger partial charge in [0.15, 0.2) is 5.76 Å². The zero-order chi connectivity index (χ0) is 22.7. The molecule has 5 nitrogen and oxygen atoms in total. The molecular formula is C26H29FN2O3. The smallest absolute Gasteiger partial charge is 0.289 e.